The second-order valence-electron chi connectivity index (χ2n) is 12.3. The van der Waals surface area contributed by atoms with Gasteiger partial charge in [0.2, 0.25) is 0 Å². The molecule has 0 spiro atoms. The van der Waals surface area contributed by atoms with E-state index >= 15 is 0 Å². The van der Waals surface area contributed by atoms with Crippen molar-refractivity contribution in [2.24, 2.45) is 0 Å². The van der Waals surface area contributed by atoms with Crippen LogP contribution in [0.3, 0.4) is 0 Å². The Hall–Kier alpha value is -5.44. The lowest BCUT2D eigenvalue weighted by Gasteiger charge is -2.24. The van der Waals surface area contributed by atoms with E-state index in [4.69, 9.17) is 9.47 Å². The fourth-order valence-electron chi connectivity index (χ4n) is 5.52. The first-order chi connectivity index (χ1) is 22.5. The van der Waals surface area contributed by atoms with Crippen LogP contribution in [0.25, 0.3) is 10.9 Å². The van der Waals surface area contributed by atoms with Gasteiger partial charge in [-0.2, -0.15) is 4.68 Å². The summed E-state index contributed by atoms with van der Waals surface area (Å²) >= 11 is 0. The van der Waals surface area contributed by atoms with Crippen molar-refractivity contribution in [1.29, 1.82) is 0 Å². The van der Waals surface area contributed by atoms with Crippen LogP contribution < -0.4 is 5.56 Å². The highest BCUT2D eigenvalue weighted by molar-refractivity contribution is 6.04. The average molecular weight is 634 g/mol. The van der Waals surface area contributed by atoms with Crippen LogP contribution in [0.4, 0.5) is 4.79 Å². The highest BCUT2D eigenvalue weighted by atomic mass is 16.6. The lowest BCUT2D eigenvalue weighted by molar-refractivity contribution is -0.155. The second-order valence-corrected chi connectivity index (χ2v) is 12.3. The van der Waals surface area contributed by atoms with Crippen molar-refractivity contribution < 1.29 is 23.9 Å². The highest BCUT2D eigenvalue weighted by Gasteiger charge is 2.30. The van der Waals surface area contributed by atoms with Gasteiger partial charge in [0.05, 0.1) is 16.5 Å². The topological polar surface area (TPSA) is 99.8 Å². The standard InChI is InChI=1S/C38H39N3O6/c1-6-39(24-29-21-14-13-16-26(29)2)37(45)41-35(43)30-22-15-23-31(33(30)40(41)25-32(42)47-38(3,4)5)36(44)46-34(27-17-9-7-10-18-27)28-19-11-8-12-20-28/h7-23,34H,6,24-25H2,1-5H3. The minimum Gasteiger partial charge on any atom is -0.459 e. The Morgan fingerprint density at radius 1 is 0.809 bits per heavy atom. The number of para-hydroxylation sites is 1. The second kappa shape index (κ2) is 13.9. The van der Waals surface area contributed by atoms with E-state index in [1.807, 2.05) is 98.8 Å². The Morgan fingerprint density at radius 2 is 1.40 bits per heavy atom. The molecule has 47 heavy (non-hydrogen) atoms. The van der Waals surface area contributed by atoms with Crippen LogP contribution >= 0.6 is 0 Å². The summed E-state index contributed by atoms with van der Waals surface area (Å²) in [6.07, 6.45) is -0.750. The molecule has 242 valence electrons. The van der Waals surface area contributed by atoms with Crippen molar-refractivity contribution in [1.82, 2.24) is 14.3 Å². The molecule has 1 heterocycles. The molecule has 9 heteroatoms. The number of benzene rings is 4. The van der Waals surface area contributed by atoms with E-state index in [9.17, 15) is 19.2 Å². The monoisotopic (exact) mass is 633 g/mol. The summed E-state index contributed by atoms with van der Waals surface area (Å²) in [5.41, 5.74) is 2.09. The molecule has 0 radical (unpaired) electrons. The number of aromatic nitrogens is 2. The third kappa shape index (κ3) is 7.35. The van der Waals surface area contributed by atoms with Gasteiger partial charge in [0, 0.05) is 13.1 Å². The van der Waals surface area contributed by atoms with Gasteiger partial charge < -0.3 is 14.4 Å². The Balaban J connectivity index is 1.63. The van der Waals surface area contributed by atoms with Gasteiger partial charge in [0.15, 0.2) is 6.10 Å². The predicted molar refractivity (Wildman–Crippen MR) is 180 cm³/mol. The summed E-state index contributed by atoms with van der Waals surface area (Å²) in [6, 6.07) is 30.4. The van der Waals surface area contributed by atoms with Crippen molar-refractivity contribution in [3.05, 3.63) is 141 Å². The molecule has 5 rings (SSSR count). The zero-order valence-electron chi connectivity index (χ0n) is 27.3. The van der Waals surface area contributed by atoms with Crippen molar-refractivity contribution in [3.8, 4) is 0 Å². The van der Waals surface area contributed by atoms with Crippen LogP contribution in [0, 0.1) is 6.92 Å². The van der Waals surface area contributed by atoms with Crippen molar-refractivity contribution >= 4 is 28.9 Å². The molecule has 0 bridgehead atoms. The number of amides is 1. The molecule has 0 saturated carbocycles. The van der Waals surface area contributed by atoms with Gasteiger partial charge in [-0.05, 0) is 69.0 Å². The molecule has 0 aliphatic carbocycles. The maximum atomic E-state index is 14.2. The average Bonchev–Trinajstić information content (AvgIpc) is 3.33. The van der Waals surface area contributed by atoms with Crippen LogP contribution in [0.5, 0.6) is 0 Å². The van der Waals surface area contributed by atoms with E-state index < -0.39 is 41.8 Å². The minimum absolute atomic E-state index is 0.0357. The normalized spacial score (nSPS) is 11.4. The van der Waals surface area contributed by atoms with Crippen LogP contribution in [-0.4, -0.2) is 44.4 Å². The zero-order chi connectivity index (χ0) is 33.7. The Morgan fingerprint density at radius 3 is 1.98 bits per heavy atom. The maximum Gasteiger partial charge on any atom is 0.346 e. The third-order valence-electron chi connectivity index (χ3n) is 7.76. The van der Waals surface area contributed by atoms with Gasteiger partial charge in [0.25, 0.3) is 5.56 Å². The molecule has 0 saturated heterocycles. The number of hydrogen-bond acceptors (Lipinski definition) is 6. The number of carbonyl (C=O) groups is 3. The van der Waals surface area contributed by atoms with E-state index in [0.717, 1.165) is 26.9 Å². The van der Waals surface area contributed by atoms with Crippen molar-refractivity contribution in [2.45, 2.75) is 59.4 Å². The summed E-state index contributed by atoms with van der Waals surface area (Å²) < 4.78 is 13.9. The first-order valence-corrected chi connectivity index (χ1v) is 15.6. The molecule has 4 aromatic carbocycles. The van der Waals surface area contributed by atoms with Crippen LogP contribution in [0.1, 0.15) is 66.4 Å². The maximum absolute atomic E-state index is 14.2. The minimum atomic E-state index is -0.824. The summed E-state index contributed by atoms with van der Waals surface area (Å²) in [5.74, 6) is -1.39. The largest absolute Gasteiger partial charge is 0.459 e. The number of aryl methyl sites for hydroxylation is 1. The first kappa shape index (κ1) is 32.9. The van der Waals surface area contributed by atoms with Gasteiger partial charge >= 0.3 is 18.0 Å². The van der Waals surface area contributed by atoms with Crippen LogP contribution in [0.15, 0.2) is 108 Å². The Labute approximate surface area is 273 Å². The molecule has 0 aliphatic heterocycles. The number of fused-ring (bicyclic) bond motifs is 1. The molecular weight excluding hydrogens is 594 g/mol. The molecule has 9 nitrogen and oxygen atoms in total. The van der Waals surface area contributed by atoms with Crippen molar-refractivity contribution in [3.63, 3.8) is 0 Å². The Kier molecular flexibility index (Phi) is 9.75. The molecule has 1 aromatic heterocycles. The van der Waals surface area contributed by atoms with E-state index in [1.54, 1.807) is 26.8 Å². The van der Waals surface area contributed by atoms with E-state index in [2.05, 4.69) is 0 Å². The number of esters is 2. The number of carbonyl (C=O) groups excluding carboxylic acids is 3. The summed E-state index contributed by atoms with van der Waals surface area (Å²) in [5, 5.41) is 0.0966. The SMILES string of the molecule is CCN(Cc1ccccc1C)C(=O)n1c(=O)c2cccc(C(=O)OC(c3ccccc3)c3ccccc3)c2n1CC(=O)OC(C)(C)C. The lowest BCUT2D eigenvalue weighted by Crippen LogP contribution is -2.42. The Bertz CT molecular complexity index is 1920. The van der Waals surface area contributed by atoms with Gasteiger partial charge in [-0.25, -0.2) is 9.59 Å². The summed E-state index contributed by atoms with van der Waals surface area (Å²) in [7, 11) is 0. The highest BCUT2D eigenvalue weighted by Crippen LogP contribution is 2.29. The smallest absolute Gasteiger partial charge is 0.346 e. The van der Waals surface area contributed by atoms with Crippen LogP contribution in [-0.2, 0) is 27.4 Å². The lowest BCUT2D eigenvalue weighted by atomic mass is 10.0. The van der Waals surface area contributed by atoms with Crippen molar-refractivity contribution in [2.75, 3.05) is 6.54 Å². The molecule has 0 atom stereocenters. The molecule has 5 aromatic rings. The summed E-state index contributed by atoms with van der Waals surface area (Å²) in [4.78, 5) is 57.1. The number of nitrogens with zero attached hydrogens (tertiary/aromatic N) is 3. The molecule has 0 fully saturated rings. The molecule has 0 N–H and O–H groups in total. The molecule has 0 aliphatic rings. The predicted octanol–water partition coefficient (Wildman–Crippen LogP) is 6.89. The quantitative estimate of drug-likeness (QED) is 0.164. The number of ether oxygens (including phenoxy) is 2. The number of hydrogen-bond donors (Lipinski definition) is 0. The first-order valence-electron chi connectivity index (χ1n) is 15.6. The molecule has 0 unspecified atom stereocenters. The number of rotatable bonds is 9. The van der Waals surface area contributed by atoms with Gasteiger partial charge in [-0.15, -0.1) is 0 Å². The zero-order valence-corrected chi connectivity index (χ0v) is 27.3. The van der Waals surface area contributed by atoms with Gasteiger partial charge in [0.1, 0.15) is 12.1 Å². The fourth-order valence-corrected chi connectivity index (χ4v) is 5.52. The van der Waals surface area contributed by atoms with E-state index in [-0.39, 0.29) is 29.6 Å². The van der Waals surface area contributed by atoms with Gasteiger partial charge in [-0.1, -0.05) is 91.0 Å². The summed E-state index contributed by atoms with van der Waals surface area (Å²) in [6.45, 7) is 9.00. The van der Waals surface area contributed by atoms with E-state index in [1.165, 1.54) is 21.7 Å². The van der Waals surface area contributed by atoms with Crippen LogP contribution in [0.2, 0.25) is 0 Å². The molecule has 1 amide bonds. The van der Waals surface area contributed by atoms with E-state index in [0.29, 0.717) is 0 Å². The third-order valence-corrected chi connectivity index (χ3v) is 7.76. The fraction of sp³-hybridized carbons (Fsp3) is 0.263. The van der Waals surface area contributed by atoms with Gasteiger partial charge in [-0.3, -0.25) is 14.3 Å². The molecular formula is C38H39N3O6.